The fraction of sp³-hybridized carbons (Fsp3) is 0.538. The molecule has 5 nitrogen and oxygen atoms in total. The summed E-state index contributed by atoms with van der Waals surface area (Å²) in [4.78, 5) is 0. The molecule has 1 aromatic carbocycles. The first-order chi connectivity index (χ1) is 9.63. The number of phosphoric acid groups is 1. The van der Waals surface area contributed by atoms with Crippen LogP contribution >= 0.6 is 23.8 Å². The van der Waals surface area contributed by atoms with E-state index >= 15 is 0 Å². The Balaban J connectivity index is 2.54. The fourth-order valence-electron chi connectivity index (χ4n) is 1.41. The van der Waals surface area contributed by atoms with E-state index in [0.717, 1.165) is 5.75 Å². The summed E-state index contributed by atoms with van der Waals surface area (Å²) in [5, 5.41) is 0.462. The summed E-state index contributed by atoms with van der Waals surface area (Å²) in [6, 6.07) is 9.35. The lowest BCUT2D eigenvalue weighted by atomic mass is 10.3. The molecule has 0 heterocycles. The van der Waals surface area contributed by atoms with Crippen molar-refractivity contribution < 1.29 is 22.9 Å². The van der Waals surface area contributed by atoms with Crippen LogP contribution in [0.15, 0.2) is 30.3 Å². The number of hydrogen-bond donors (Lipinski definition) is 0. The SMILES string of the molecule is CCOP(=O)(OCC)OC(CBr)COc1ccccc1. The van der Waals surface area contributed by atoms with Crippen molar-refractivity contribution in [3.05, 3.63) is 30.3 Å². The maximum Gasteiger partial charge on any atom is 0.475 e. The molecular weight excluding hydrogens is 347 g/mol. The molecule has 1 aromatic rings. The van der Waals surface area contributed by atoms with Crippen LogP contribution in [-0.4, -0.2) is 31.3 Å². The first-order valence-corrected chi connectivity index (χ1v) is 9.03. The van der Waals surface area contributed by atoms with Crippen LogP contribution in [-0.2, 0) is 18.1 Å². The van der Waals surface area contributed by atoms with Crippen molar-refractivity contribution in [1.82, 2.24) is 0 Å². The van der Waals surface area contributed by atoms with E-state index in [1.807, 2.05) is 30.3 Å². The number of rotatable bonds is 10. The second-order valence-electron chi connectivity index (χ2n) is 3.79. The number of phosphoric ester groups is 1. The summed E-state index contributed by atoms with van der Waals surface area (Å²) in [6.45, 7) is 4.23. The Bertz CT molecular complexity index is 404. The predicted octanol–water partition coefficient (Wildman–Crippen LogP) is 4.03. The van der Waals surface area contributed by atoms with Crippen LogP contribution in [0.5, 0.6) is 5.75 Å². The van der Waals surface area contributed by atoms with Gasteiger partial charge in [-0.15, -0.1) is 0 Å². The topological polar surface area (TPSA) is 54.0 Å². The third-order valence-corrected chi connectivity index (χ3v) is 4.63. The highest BCUT2D eigenvalue weighted by Gasteiger charge is 2.30. The molecule has 0 bridgehead atoms. The van der Waals surface area contributed by atoms with Crippen LogP contribution in [0.1, 0.15) is 13.8 Å². The highest BCUT2D eigenvalue weighted by atomic mass is 79.9. The maximum absolute atomic E-state index is 12.3. The van der Waals surface area contributed by atoms with Crippen LogP contribution < -0.4 is 4.74 Å². The molecular formula is C13H20BrO5P. The second kappa shape index (κ2) is 9.53. The normalized spacial score (nSPS) is 13.2. The summed E-state index contributed by atoms with van der Waals surface area (Å²) < 4.78 is 33.4. The van der Waals surface area contributed by atoms with Gasteiger partial charge in [0.25, 0.3) is 0 Å². The summed E-state index contributed by atoms with van der Waals surface area (Å²) in [5.41, 5.74) is 0. The standard InChI is InChI=1S/C13H20BrO5P/c1-3-17-20(15,18-4-2)19-13(10-14)11-16-12-8-6-5-7-9-12/h5-9,13H,3-4,10-11H2,1-2H3. The van der Waals surface area contributed by atoms with Crippen molar-refractivity contribution in [2.45, 2.75) is 20.0 Å². The average Bonchev–Trinajstić information content (AvgIpc) is 2.45. The number of benzene rings is 1. The lowest BCUT2D eigenvalue weighted by Gasteiger charge is -2.22. The molecule has 1 unspecified atom stereocenters. The molecule has 0 fully saturated rings. The van der Waals surface area contributed by atoms with Gasteiger partial charge in [0.15, 0.2) is 0 Å². The van der Waals surface area contributed by atoms with E-state index in [1.54, 1.807) is 13.8 Å². The minimum Gasteiger partial charge on any atom is -0.491 e. The molecule has 0 spiro atoms. The quantitative estimate of drug-likeness (QED) is 0.462. The smallest absolute Gasteiger partial charge is 0.475 e. The number of ether oxygens (including phenoxy) is 1. The average molecular weight is 367 g/mol. The van der Waals surface area contributed by atoms with Gasteiger partial charge in [-0.1, -0.05) is 34.1 Å². The zero-order chi connectivity index (χ0) is 14.8. The van der Waals surface area contributed by atoms with Crippen LogP contribution in [0.2, 0.25) is 0 Å². The van der Waals surface area contributed by atoms with Crippen molar-refractivity contribution in [2.75, 3.05) is 25.2 Å². The third-order valence-electron chi connectivity index (χ3n) is 2.20. The zero-order valence-corrected chi connectivity index (χ0v) is 14.1. The lowest BCUT2D eigenvalue weighted by Crippen LogP contribution is -2.23. The van der Waals surface area contributed by atoms with Crippen LogP contribution in [0.3, 0.4) is 0 Å². The van der Waals surface area contributed by atoms with E-state index in [-0.39, 0.29) is 19.8 Å². The zero-order valence-electron chi connectivity index (χ0n) is 11.7. The monoisotopic (exact) mass is 366 g/mol. The van der Waals surface area contributed by atoms with Crippen molar-refractivity contribution in [3.8, 4) is 5.75 Å². The highest BCUT2D eigenvalue weighted by Crippen LogP contribution is 2.50. The summed E-state index contributed by atoms with van der Waals surface area (Å²) >= 11 is 3.31. The van der Waals surface area contributed by atoms with Crippen LogP contribution in [0, 0.1) is 0 Å². The van der Waals surface area contributed by atoms with Crippen molar-refractivity contribution in [2.24, 2.45) is 0 Å². The van der Waals surface area contributed by atoms with Gasteiger partial charge in [0, 0.05) is 5.33 Å². The van der Waals surface area contributed by atoms with Gasteiger partial charge in [0.05, 0.1) is 13.2 Å². The Hall–Kier alpha value is -0.390. The fourth-order valence-corrected chi connectivity index (χ4v) is 3.26. The largest absolute Gasteiger partial charge is 0.491 e. The number of halogens is 1. The minimum atomic E-state index is -3.52. The number of alkyl halides is 1. The molecule has 114 valence electrons. The molecule has 0 radical (unpaired) electrons. The second-order valence-corrected chi connectivity index (χ2v) is 6.06. The van der Waals surface area contributed by atoms with Crippen molar-refractivity contribution in [1.29, 1.82) is 0 Å². The molecule has 7 heteroatoms. The molecule has 0 saturated carbocycles. The van der Waals surface area contributed by atoms with Gasteiger partial charge >= 0.3 is 7.82 Å². The molecule has 0 amide bonds. The first kappa shape index (κ1) is 17.7. The maximum atomic E-state index is 12.3. The molecule has 0 aliphatic rings. The van der Waals surface area contributed by atoms with Gasteiger partial charge in [0.1, 0.15) is 18.5 Å². The number of hydrogen-bond acceptors (Lipinski definition) is 5. The minimum absolute atomic E-state index is 0.249. The molecule has 0 aromatic heterocycles. The Morgan fingerprint density at radius 3 is 2.25 bits per heavy atom. The van der Waals surface area contributed by atoms with Gasteiger partial charge in [-0.2, -0.15) is 0 Å². The Labute approximate surface area is 128 Å². The molecule has 0 aliphatic carbocycles. The van der Waals surface area contributed by atoms with E-state index in [9.17, 15) is 4.57 Å². The highest BCUT2D eigenvalue weighted by molar-refractivity contribution is 9.09. The molecule has 1 rings (SSSR count). The van der Waals surface area contributed by atoms with Crippen LogP contribution in [0.4, 0.5) is 0 Å². The lowest BCUT2D eigenvalue weighted by molar-refractivity contribution is 0.0694. The molecule has 20 heavy (non-hydrogen) atoms. The summed E-state index contributed by atoms with van der Waals surface area (Å²) in [6.07, 6.45) is -0.431. The van der Waals surface area contributed by atoms with E-state index in [0.29, 0.717) is 5.33 Å². The van der Waals surface area contributed by atoms with Gasteiger partial charge < -0.3 is 4.74 Å². The van der Waals surface area contributed by atoms with E-state index in [1.165, 1.54) is 0 Å². The Kier molecular flexibility index (Phi) is 8.41. The van der Waals surface area contributed by atoms with E-state index in [4.69, 9.17) is 18.3 Å². The number of para-hydroxylation sites is 1. The van der Waals surface area contributed by atoms with Gasteiger partial charge in [0.2, 0.25) is 0 Å². The van der Waals surface area contributed by atoms with Crippen molar-refractivity contribution >= 4 is 23.8 Å². The molecule has 0 N–H and O–H groups in total. The Morgan fingerprint density at radius 2 is 1.75 bits per heavy atom. The van der Waals surface area contributed by atoms with Gasteiger partial charge in [-0.3, -0.25) is 13.6 Å². The van der Waals surface area contributed by atoms with Gasteiger partial charge in [-0.05, 0) is 26.0 Å². The first-order valence-electron chi connectivity index (χ1n) is 6.44. The molecule has 1 atom stereocenters. The molecule has 0 saturated heterocycles. The third kappa shape index (κ3) is 6.37. The predicted molar refractivity (Wildman–Crippen MR) is 81.5 cm³/mol. The Morgan fingerprint density at radius 1 is 1.15 bits per heavy atom. The van der Waals surface area contributed by atoms with Gasteiger partial charge in [-0.25, -0.2) is 4.57 Å². The van der Waals surface area contributed by atoms with E-state index in [2.05, 4.69) is 15.9 Å². The molecule has 0 aliphatic heterocycles. The van der Waals surface area contributed by atoms with E-state index < -0.39 is 13.9 Å². The summed E-state index contributed by atoms with van der Waals surface area (Å²) in [5.74, 6) is 0.727. The van der Waals surface area contributed by atoms with Crippen LogP contribution in [0.25, 0.3) is 0 Å². The summed E-state index contributed by atoms with van der Waals surface area (Å²) in [7, 11) is -3.52. The van der Waals surface area contributed by atoms with Crippen molar-refractivity contribution in [3.63, 3.8) is 0 Å².